The van der Waals surface area contributed by atoms with E-state index >= 15 is 0 Å². The number of nitrogens with zero attached hydrogens (tertiary/aromatic N) is 4. The molecule has 2 saturated heterocycles. The van der Waals surface area contributed by atoms with E-state index in [1.54, 1.807) is 12.1 Å². The van der Waals surface area contributed by atoms with Crippen LogP contribution < -0.4 is 5.73 Å². The number of aryl methyl sites for hydroxylation is 1. The number of nitrogens with two attached hydrogens (primary N) is 1. The number of benzene rings is 2. The van der Waals surface area contributed by atoms with Gasteiger partial charge in [0.1, 0.15) is 11.9 Å². The Labute approximate surface area is 255 Å². The van der Waals surface area contributed by atoms with Crippen LogP contribution >= 0.6 is 0 Å². The minimum absolute atomic E-state index is 0.0538. The minimum atomic E-state index is -0.757. The fraction of sp³-hybridized carbons (Fsp3) is 0.543. The molecule has 3 N–H and O–H groups in total. The van der Waals surface area contributed by atoms with Gasteiger partial charge in [-0.05, 0) is 79.6 Å². The largest absolute Gasteiger partial charge is 0.480 e. The first kappa shape index (κ1) is 31.4. The molecule has 2 aliphatic heterocycles. The summed E-state index contributed by atoms with van der Waals surface area (Å²) in [4.78, 5) is 17.0. The van der Waals surface area contributed by atoms with Crippen LogP contribution in [0.2, 0.25) is 0 Å². The van der Waals surface area contributed by atoms with Gasteiger partial charge in [-0.25, -0.2) is 4.39 Å². The van der Waals surface area contributed by atoms with Crippen molar-refractivity contribution in [3.63, 3.8) is 0 Å². The Morgan fingerprint density at radius 3 is 2.49 bits per heavy atom. The predicted molar refractivity (Wildman–Crippen MR) is 169 cm³/mol. The summed E-state index contributed by atoms with van der Waals surface area (Å²) in [5.74, 6) is -0.103. The number of aromatic nitrogens is 2. The molecule has 8 heteroatoms. The van der Waals surface area contributed by atoms with Crippen molar-refractivity contribution in [3.05, 3.63) is 88.5 Å². The molecule has 1 aromatic heterocycles. The van der Waals surface area contributed by atoms with Crippen LogP contribution in [0.3, 0.4) is 0 Å². The SMILES string of the molecule is CC[C@@H](C)[C@H](C(=O)O)N1C[C@H](CN2CCC(c3cc(Cc4cccc(CN)c4)nn3CC)CC2)[C@@H](c2cccc(F)c2)C1. The fourth-order valence-electron chi connectivity index (χ4n) is 7.39. The maximum atomic E-state index is 14.3. The van der Waals surface area contributed by atoms with Crippen molar-refractivity contribution in [2.24, 2.45) is 17.6 Å². The van der Waals surface area contributed by atoms with Gasteiger partial charge in [-0.1, -0.05) is 56.7 Å². The van der Waals surface area contributed by atoms with Crippen molar-refractivity contribution in [2.45, 2.75) is 77.4 Å². The second kappa shape index (κ2) is 14.1. The highest BCUT2D eigenvalue weighted by molar-refractivity contribution is 5.74. The number of hydrogen-bond donors (Lipinski definition) is 2. The summed E-state index contributed by atoms with van der Waals surface area (Å²) in [6, 6.07) is 17.1. The Morgan fingerprint density at radius 1 is 1.07 bits per heavy atom. The maximum Gasteiger partial charge on any atom is 0.321 e. The Kier molecular flexibility index (Phi) is 10.3. The lowest BCUT2D eigenvalue weighted by molar-refractivity contribution is -0.145. The summed E-state index contributed by atoms with van der Waals surface area (Å²) in [6.45, 7) is 11.9. The Morgan fingerprint density at radius 2 is 1.81 bits per heavy atom. The van der Waals surface area contributed by atoms with Crippen molar-refractivity contribution >= 4 is 5.97 Å². The number of rotatable bonds is 12. The van der Waals surface area contributed by atoms with Gasteiger partial charge in [-0.3, -0.25) is 14.4 Å². The van der Waals surface area contributed by atoms with Crippen molar-refractivity contribution in [1.82, 2.24) is 19.6 Å². The fourth-order valence-corrected chi connectivity index (χ4v) is 7.39. The molecule has 2 aromatic carbocycles. The molecule has 0 saturated carbocycles. The average molecular weight is 590 g/mol. The first-order chi connectivity index (χ1) is 20.8. The maximum absolute atomic E-state index is 14.3. The van der Waals surface area contributed by atoms with Crippen LogP contribution in [0.4, 0.5) is 4.39 Å². The normalized spacial score (nSPS) is 21.7. The number of carboxylic acids is 1. The molecule has 0 unspecified atom stereocenters. The molecule has 0 aliphatic carbocycles. The van der Waals surface area contributed by atoms with E-state index in [4.69, 9.17) is 10.8 Å². The summed E-state index contributed by atoms with van der Waals surface area (Å²) >= 11 is 0. The van der Waals surface area contributed by atoms with Crippen molar-refractivity contribution in [1.29, 1.82) is 0 Å². The molecule has 0 bridgehead atoms. The van der Waals surface area contributed by atoms with E-state index in [0.29, 0.717) is 19.0 Å². The van der Waals surface area contributed by atoms with Gasteiger partial charge in [-0.15, -0.1) is 0 Å². The van der Waals surface area contributed by atoms with Crippen LogP contribution in [0.1, 0.15) is 79.9 Å². The van der Waals surface area contributed by atoms with E-state index in [1.165, 1.54) is 17.3 Å². The van der Waals surface area contributed by atoms with Gasteiger partial charge >= 0.3 is 5.97 Å². The van der Waals surface area contributed by atoms with Crippen LogP contribution in [0.25, 0.3) is 0 Å². The third kappa shape index (κ3) is 7.36. The molecule has 0 spiro atoms. The van der Waals surface area contributed by atoms with Crippen LogP contribution in [-0.2, 0) is 24.3 Å². The van der Waals surface area contributed by atoms with E-state index in [2.05, 4.69) is 58.7 Å². The smallest absolute Gasteiger partial charge is 0.321 e. The first-order valence-corrected chi connectivity index (χ1v) is 16.1. The highest BCUT2D eigenvalue weighted by Gasteiger charge is 2.42. The molecular formula is C35H48FN5O2. The first-order valence-electron chi connectivity index (χ1n) is 16.1. The molecule has 0 amide bonds. The van der Waals surface area contributed by atoms with Crippen molar-refractivity contribution in [3.8, 4) is 0 Å². The second-order valence-electron chi connectivity index (χ2n) is 12.7. The highest BCUT2D eigenvalue weighted by atomic mass is 19.1. The molecule has 2 fully saturated rings. The van der Waals surface area contributed by atoms with E-state index < -0.39 is 12.0 Å². The molecule has 43 heavy (non-hydrogen) atoms. The van der Waals surface area contributed by atoms with Gasteiger partial charge in [0.15, 0.2) is 0 Å². The van der Waals surface area contributed by atoms with Gasteiger partial charge in [0.25, 0.3) is 0 Å². The number of piperidine rings is 1. The summed E-state index contributed by atoms with van der Waals surface area (Å²) in [7, 11) is 0. The molecule has 0 radical (unpaired) electrons. The standard InChI is InChI=1S/C35H48FN5O2/c1-4-24(3)34(35(42)43)40-22-29(32(23-40)28-10-7-11-30(36)18-28)21-39-14-12-27(13-15-39)33-19-31(38-41(33)5-2)17-25-8-6-9-26(16-25)20-37/h6-11,16,18-19,24,27,29,32,34H,4-5,12-15,17,20-23,37H2,1-3H3,(H,42,43)/t24-,29+,32-,34-/m1/s1. The zero-order valence-electron chi connectivity index (χ0n) is 26.0. The molecule has 232 valence electrons. The molecule has 7 nitrogen and oxygen atoms in total. The van der Waals surface area contributed by atoms with Gasteiger partial charge in [-0.2, -0.15) is 5.10 Å². The molecule has 3 heterocycles. The van der Waals surface area contributed by atoms with E-state index in [1.807, 2.05) is 13.0 Å². The number of carboxylic acid groups (broad SMARTS) is 1. The Balaban J connectivity index is 1.26. The third-order valence-electron chi connectivity index (χ3n) is 9.85. The summed E-state index contributed by atoms with van der Waals surface area (Å²) in [6.07, 6.45) is 3.76. The average Bonchev–Trinajstić information content (AvgIpc) is 3.61. The third-order valence-corrected chi connectivity index (χ3v) is 9.85. The minimum Gasteiger partial charge on any atom is -0.480 e. The number of carbonyl (C=O) groups is 1. The number of halogens is 1. The topological polar surface area (TPSA) is 87.6 Å². The summed E-state index contributed by atoms with van der Waals surface area (Å²) < 4.78 is 16.4. The van der Waals surface area contributed by atoms with Crippen LogP contribution in [0.5, 0.6) is 0 Å². The van der Waals surface area contributed by atoms with Crippen molar-refractivity contribution in [2.75, 3.05) is 32.7 Å². The Hall–Kier alpha value is -3.07. The molecule has 5 rings (SSSR count). The lowest BCUT2D eigenvalue weighted by atomic mass is 9.87. The molecule has 3 aromatic rings. The number of hydrogen-bond acceptors (Lipinski definition) is 5. The molecule has 4 atom stereocenters. The van der Waals surface area contributed by atoms with Gasteiger partial charge in [0, 0.05) is 56.7 Å². The van der Waals surface area contributed by atoms with E-state index in [0.717, 1.165) is 75.2 Å². The lowest BCUT2D eigenvalue weighted by Gasteiger charge is -2.35. The lowest BCUT2D eigenvalue weighted by Crippen LogP contribution is -2.45. The Bertz CT molecular complexity index is 1370. The highest BCUT2D eigenvalue weighted by Crippen LogP contribution is 2.37. The van der Waals surface area contributed by atoms with Gasteiger partial charge < -0.3 is 15.7 Å². The zero-order valence-corrected chi connectivity index (χ0v) is 26.0. The van der Waals surface area contributed by atoms with Crippen molar-refractivity contribution < 1.29 is 14.3 Å². The number of likely N-dealkylation sites (tertiary alicyclic amines) is 2. The molecule has 2 aliphatic rings. The summed E-state index contributed by atoms with van der Waals surface area (Å²) in [5.41, 5.74) is 11.6. The molecular weight excluding hydrogens is 541 g/mol. The van der Waals surface area contributed by atoms with Crippen LogP contribution in [-0.4, -0.2) is 69.4 Å². The van der Waals surface area contributed by atoms with E-state index in [9.17, 15) is 14.3 Å². The predicted octanol–water partition coefficient (Wildman–Crippen LogP) is 5.49. The quantitative estimate of drug-likeness (QED) is 0.291. The number of aliphatic carboxylic acids is 1. The zero-order chi connectivity index (χ0) is 30.5. The van der Waals surface area contributed by atoms with Gasteiger partial charge in [0.05, 0.1) is 5.69 Å². The van der Waals surface area contributed by atoms with Gasteiger partial charge in [0.2, 0.25) is 0 Å². The van der Waals surface area contributed by atoms with Crippen LogP contribution in [0, 0.1) is 17.7 Å². The van der Waals surface area contributed by atoms with Crippen LogP contribution in [0.15, 0.2) is 54.6 Å². The monoisotopic (exact) mass is 589 g/mol. The summed E-state index contributed by atoms with van der Waals surface area (Å²) in [5, 5.41) is 15.1. The second-order valence-corrected chi connectivity index (χ2v) is 12.7. The van der Waals surface area contributed by atoms with E-state index in [-0.39, 0.29) is 23.6 Å².